The van der Waals surface area contributed by atoms with E-state index in [2.05, 4.69) is 15.6 Å². The fourth-order valence-electron chi connectivity index (χ4n) is 2.44. The zero-order valence-electron chi connectivity index (χ0n) is 11.3. The molecule has 1 fully saturated rings. The number of amides is 2. The average Bonchev–Trinajstić information content (AvgIpc) is 2.92. The average molecular weight is 280 g/mol. The van der Waals surface area contributed by atoms with Crippen molar-refractivity contribution in [1.82, 2.24) is 20.2 Å². The predicted octanol–water partition coefficient (Wildman–Crippen LogP) is 0.826. The first-order valence-corrected chi connectivity index (χ1v) is 6.88. The van der Waals surface area contributed by atoms with Crippen molar-refractivity contribution in [1.29, 1.82) is 0 Å². The minimum absolute atomic E-state index is 0.0823. The maximum atomic E-state index is 11.7. The van der Waals surface area contributed by atoms with Crippen LogP contribution in [0.2, 0.25) is 0 Å². The second kappa shape index (κ2) is 6.93. The smallest absolute Gasteiger partial charge is 0.315 e. The van der Waals surface area contributed by atoms with Gasteiger partial charge in [-0.25, -0.2) is 9.78 Å². The normalized spacial score (nSPS) is 22.2. The monoisotopic (exact) mass is 280 g/mol. The largest absolute Gasteiger partial charge is 0.481 e. The van der Waals surface area contributed by atoms with Crippen LogP contribution >= 0.6 is 0 Å². The molecule has 0 saturated heterocycles. The molecule has 0 radical (unpaired) electrons. The summed E-state index contributed by atoms with van der Waals surface area (Å²) in [7, 11) is 0. The highest BCUT2D eigenvalue weighted by molar-refractivity contribution is 5.74. The summed E-state index contributed by atoms with van der Waals surface area (Å²) in [4.78, 5) is 26.4. The van der Waals surface area contributed by atoms with Crippen molar-refractivity contribution >= 4 is 12.0 Å². The van der Waals surface area contributed by atoms with E-state index in [0.29, 0.717) is 25.9 Å². The summed E-state index contributed by atoms with van der Waals surface area (Å²) < 4.78 is 1.89. The van der Waals surface area contributed by atoms with Crippen molar-refractivity contribution in [3.63, 3.8) is 0 Å². The highest BCUT2D eigenvalue weighted by atomic mass is 16.4. The lowest BCUT2D eigenvalue weighted by molar-refractivity contribution is -0.142. The SMILES string of the molecule is O=C(NCCn1ccnc1)NC1CCC(C(=O)O)CC1. The van der Waals surface area contributed by atoms with Crippen LogP contribution in [0.3, 0.4) is 0 Å². The maximum Gasteiger partial charge on any atom is 0.315 e. The van der Waals surface area contributed by atoms with E-state index in [1.54, 1.807) is 12.5 Å². The second-order valence-corrected chi connectivity index (χ2v) is 5.09. The first kappa shape index (κ1) is 14.4. The lowest BCUT2D eigenvalue weighted by atomic mass is 9.86. The molecule has 0 atom stereocenters. The van der Waals surface area contributed by atoms with Crippen LogP contribution in [0.15, 0.2) is 18.7 Å². The lowest BCUT2D eigenvalue weighted by Gasteiger charge is -2.26. The molecular formula is C13H20N4O3. The Morgan fingerprint density at radius 1 is 1.30 bits per heavy atom. The van der Waals surface area contributed by atoms with Gasteiger partial charge in [0.25, 0.3) is 0 Å². The Labute approximate surface area is 117 Å². The van der Waals surface area contributed by atoms with Crippen molar-refractivity contribution in [2.24, 2.45) is 5.92 Å². The third-order valence-electron chi connectivity index (χ3n) is 3.63. The van der Waals surface area contributed by atoms with E-state index in [1.165, 1.54) is 0 Å². The summed E-state index contributed by atoms with van der Waals surface area (Å²) in [6.07, 6.45) is 7.96. The summed E-state index contributed by atoms with van der Waals surface area (Å²) in [5, 5.41) is 14.6. The van der Waals surface area contributed by atoms with Gasteiger partial charge in [0.05, 0.1) is 12.2 Å². The first-order valence-electron chi connectivity index (χ1n) is 6.88. The van der Waals surface area contributed by atoms with E-state index in [4.69, 9.17) is 5.11 Å². The molecule has 7 nitrogen and oxygen atoms in total. The van der Waals surface area contributed by atoms with E-state index in [0.717, 1.165) is 12.8 Å². The number of urea groups is 1. The molecule has 1 aliphatic carbocycles. The van der Waals surface area contributed by atoms with E-state index in [-0.39, 0.29) is 18.0 Å². The molecule has 7 heteroatoms. The molecule has 2 rings (SSSR count). The Morgan fingerprint density at radius 2 is 2.05 bits per heavy atom. The van der Waals surface area contributed by atoms with Crippen molar-refractivity contribution in [2.75, 3.05) is 6.54 Å². The van der Waals surface area contributed by atoms with Gasteiger partial charge < -0.3 is 20.3 Å². The molecule has 0 aliphatic heterocycles. The topological polar surface area (TPSA) is 96.3 Å². The van der Waals surface area contributed by atoms with Gasteiger partial charge in [0.15, 0.2) is 0 Å². The number of carboxylic acid groups (broad SMARTS) is 1. The fourth-order valence-corrected chi connectivity index (χ4v) is 2.44. The standard InChI is InChI=1S/C13H20N4O3/c18-12(19)10-1-3-11(4-2-10)16-13(20)15-6-8-17-7-5-14-9-17/h5,7,9-11H,1-4,6,8H2,(H,18,19)(H2,15,16,20). The molecule has 0 bridgehead atoms. The summed E-state index contributed by atoms with van der Waals surface area (Å²) in [5.41, 5.74) is 0. The minimum atomic E-state index is -0.728. The van der Waals surface area contributed by atoms with E-state index in [1.807, 2.05) is 10.8 Å². The van der Waals surface area contributed by atoms with Crippen molar-refractivity contribution in [3.05, 3.63) is 18.7 Å². The number of aromatic nitrogens is 2. The zero-order chi connectivity index (χ0) is 14.4. The third-order valence-corrected chi connectivity index (χ3v) is 3.63. The second-order valence-electron chi connectivity index (χ2n) is 5.09. The number of hydrogen-bond acceptors (Lipinski definition) is 3. The zero-order valence-corrected chi connectivity index (χ0v) is 11.3. The third kappa shape index (κ3) is 4.25. The van der Waals surface area contributed by atoms with Gasteiger partial charge in [-0.2, -0.15) is 0 Å². The van der Waals surface area contributed by atoms with Crippen LogP contribution < -0.4 is 10.6 Å². The van der Waals surface area contributed by atoms with E-state index >= 15 is 0 Å². The van der Waals surface area contributed by atoms with Crippen LogP contribution in [0, 0.1) is 5.92 Å². The molecule has 1 heterocycles. The minimum Gasteiger partial charge on any atom is -0.481 e. The van der Waals surface area contributed by atoms with E-state index in [9.17, 15) is 9.59 Å². The Kier molecular flexibility index (Phi) is 4.97. The fraction of sp³-hybridized carbons (Fsp3) is 0.615. The molecule has 0 aromatic carbocycles. The van der Waals surface area contributed by atoms with Gasteiger partial charge in [0.1, 0.15) is 0 Å². The van der Waals surface area contributed by atoms with Crippen molar-refractivity contribution in [3.8, 4) is 0 Å². The molecule has 0 spiro atoms. The number of hydrogen-bond donors (Lipinski definition) is 3. The maximum absolute atomic E-state index is 11.7. The molecule has 2 amide bonds. The number of carbonyl (C=O) groups excluding carboxylic acids is 1. The summed E-state index contributed by atoms with van der Waals surface area (Å²) in [5.74, 6) is -0.981. The Bertz CT molecular complexity index is 438. The van der Waals surface area contributed by atoms with Gasteiger partial charge in [-0.05, 0) is 25.7 Å². The Morgan fingerprint density at radius 3 is 2.65 bits per heavy atom. The summed E-state index contributed by atoms with van der Waals surface area (Å²) in [6.45, 7) is 1.21. The van der Waals surface area contributed by atoms with Gasteiger partial charge in [-0.15, -0.1) is 0 Å². The molecule has 0 unspecified atom stereocenters. The van der Waals surface area contributed by atoms with E-state index < -0.39 is 5.97 Å². The number of nitrogens with one attached hydrogen (secondary N) is 2. The number of nitrogens with zero attached hydrogens (tertiary/aromatic N) is 2. The Balaban J connectivity index is 1.61. The summed E-state index contributed by atoms with van der Waals surface area (Å²) >= 11 is 0. The highest BCUT2D eigenvalue weighted by Gasteiger charge is 2.26. The predicted molar refractivity (Wildman–Crippen MR) is 72.1 cm³/mol. The van der Waals surface area contributed by atoms with Gasteiger partial charge in [-0.3, -0.25) is 4.79 Å². The number of carboxylic acids is 1. The van der Waals surface area contributed by atoms with Gasteiger partial charge in [-0.1, -0.05) is 0 Å². The molecule has 1 aromatic heterocycles. The molecule has 1 aliphatic rings. The van der Waals surface area contributed by atoms with Crippen LogP contribution in [-0.2, 0) is 11.3 Å². The molecule has 3 N–H and O–H groups in total. The molecule has 20 heavy (non-hydrogen) atoms. The molecular weight excluding hydrogens is 260 g/mol. The van der Waals surface area contributed by atoms with Crippen LogP contribution in [-0.4, -0.2) is 39.2 Å². The number of rotatable bonds is 5. The van der Waals surface area contributed by atoms with Gasteiger partial charge in [0.2, 0.25) is 0 Å². The van der Waals surface area contributed by atoms with Crippen molar-refractivity contribution in [2.45, 2.75) is 38.3 Å². The number of aliphatic carboxylic acids is 1. The quantitative estimate of drug-likeness (QED) is 0.744. The lowest BCUT2D eigenvalue weighted by Crippen LogP contribution is -2.44. The highest BCUT2D eigenvalue weighted by Crippen LogP contribution is 2.24. The van der Waals surface area contributed by atoms with Gasteiger partial charge in [0, 0.05) is 31.5 Å². The van der Waals surface area contributed by atoms with Crippen LogP contribution in [0.5, 0.6) is 0 Å². The van der Waals surface area contributed by atoms with Crippen LogP contribution in [0.4, 0.5) is 4.79 Å². The van der Waals surface area contributed by atoms with Gasteiger partial charge >= 0.3 is 12.0 Å². The van der Waals surface area contributed by atoms with Crippen molar-refractivity contribution < 1.29 is 14.7 Å². The summed E-state index contributed by atoms with van der Waals surface area (Å²) in [6, 6.07) is -0.109. The molecule has 1 saturated carbocycles. The Hall–Kier alpha value is -2.05. The molecule has 1 aromatic rings. The number of imidazole rings is 1. The molecule has 110 valence electrons. The number of carbonyl (C=O) groups is 2. The first-order chi connectivity index (χ1) is 9.65. The van der Waals surface area contributed by atoms with Crippen LogP contribution in [0.25, 0.3) is 0 Å². The van der Waals surface area contributed by atoms with Crippen LogP contribution in [0.1, 0.15) is 25.7 Å².